The molecule has 0 atom stereocenters. The summed E-state index contributed by atoms with van der Waals surface area (Å²) in [6, 6.07) is 5.66. The number of rotatable bonds is 0. The van der Waals surface area contributed by atoms with E-state index in [0.717, 1.165) is 15.6 Å². The van der Waals surface area contributed by atoms with Gasteiger partial charge in [0.2, 0.25) is 5.76 Å². The summed E-state index contributed by atoms with van der Waals surface area (Å²) in [5, 5.41) is 13.4. The van der Waals surface area contributed by atoms with Gasteiger partial charge in [-0.3, -0.25) is 0 Å². The van der Waals surface area contributed by atoms with Crippen molar-refractivity contribution in [2.45, 2.75) is 0 Å². The first kappa shape index (κ1) is 7.47. The van der Waals surface area contributed by atoms with Crippen LogP contribution < -0.4 is 0 Å². The second kappa shape index (κ2) is 2.53. The van der Waals surface area contributed by atoms with Gasteiger partial charge in [-0.2, -0.15) is 5.26 Å². The smallest absolute Gasteiger partial charge is 0.245 e. The SMILES string of the molecule is N#Cc1onc2ccc3ncsc3c12. The number of nitrogens with zero attached hydrogens (tertiary/aromatic N) is 3. The highest BCUT2D eigenvalue weighted by molar-refractivity contribution is 7.17. The quantitative estimate of drug-likeness (QED) is 0.559. The molecule has 3 rings (SSSR count). The molecule has 0 amide bonds. The number of aromatic nitrogens is 2. The van der Waals surface area contributed by atoms with Crippen molar-refractivity contribution in [2.24, 2.45) is 0 Å². The Balaban J connectivity index is 2.66. The van der Waals surface area contributed by atoms with Gasteiger partial charge in [-0.1, -0.05) is 5.16 Å². The van der Waals surface area contributed by atoms with Crippen LogP contribution in [0.1, 0.15) is 5.76 Å². The first-order valence-electron chi connectivity index (χ1n) is 3.92. The average Bonchev–Trinajstić information content (AvgIpc) is 2.82. The molecule has 0 saturated carbocycles. The van der Waals surface area contributed by atoms with Crippen LogP contribution in [0.25, 0.3) is 21.1 Å². The van der Waals surface area contributed by atoms with Crippen molar-refractivity contribution in [1.82, 2.24) is 10.1 Å². The maximum absolute atomic E-state index is 8.82. The third-order valence-electron chi connectivity index (χ3n) is 2.04. The number of thiazole rings is 1. The summed E-state index contributed by atoms with van der Waals surface area (Å²) in [6.07, 6.45) is 0. The van der Waals surface area contributed by atoms with Crippen molar-refractivity contribution >= 4 is 32.5 Å². The average molecular weight is 201 g/mol. The van der Waals surface area contributed by atoms with E-state index in [4.69, 9.17) is 9.78 Å². The summed E-state index contributed by atoms with van der Waals surface area (Å²) in [7, 11) is 0. The standard InChI is InChI=1S/C9H3N3OS/c10-3-7-8-5(12-13-7)1-2-6-9(8)14-4-11-6/h1-2,4H. The molecule has 0 fully saturated rings. The zero-order valence-corrected chi connectivity index (χ0v) is 7.71. The molecule has 5 heteroatoms. The van der Waals surface area contributed by atoms with Gasteiger partial charge in [0.05, 0.1) is 21.1 Å². The minimum absolute atomic E-state index is 0.259. The van der Waals surface area contributed by atoms with E-state index in [9.17, 15) is 0 Å². The third-order valence-corrected chi connectivity index (χ3v) is 2.90. The Hall–Kier alpha value is -1.93. The van der Waals surface area contributed by atoms with Gasteiger partial charge in [0, 0.05) is 0 Å². The molecule has 0 unspecified atom stereocenters. The fourth-order valence-corrected chi connectivity index (χ4v) is 2.26. The van der Waals surface area contributed by atoms with Crippen LogP contribution in [-0.2, 0) is 0 Å². The van der Waals surface area contributed by atoms with Crippen LogP contribution in [0.3, 0.4) is 0 Å². The molecule has 66 valence electrons. The van der Waals surface area contributed by atoms with Crippen molar-refractivity contribution < 1.29 is 4.52 Å². The molecule has 0 bridgehead atoms. The summed E-state index contributed by atoms with van der Waals surface area (Å²) in [6.45, 7) is 0. The maximum atomic E-state index is 8.82. The molecule has 2 aromatic heterocycles. The first-order valence-corrected chi connectivity index (χ1v) is 4.80. The van der Waals surface area contributed by atoms with E-state index in [1.807, 2.05) is 18.2 Å². The second-order valence-corrected chi connectivity index (χ2v) is 3.64. The molecule has 0 N–H and O–H groups in total. The van der Waals surface area contributed by atoms with Gasteiger partial charge < -0.3 is 4.52 Å². The van der Waals surface area contributed by atoms with Gasteiger partial charge in [-0.25, -0.2) is 4.98 Å². The fourth-order valence-electron chi connectivity index (χ4n) is 1.43. The molecule has 1 aromatic carbocycles. The van der Waals surface area contributed by atoms with E-state index in [-0.39, 0.29) is 5.76 Å². The number of fused-ring (bicyclic) bond motifs is 3. The Morgan fingerprint density at radius 3 is 3.07 bits per heavy atom. The largest absolute Gasteiger partial charge is 0.344 e. The number of benzene rings is 1. The van der Waals surface area contributed by atoms with Gasteiger partial charge in [-0.15, -0.1) is 11.3 Å². The molecule has 14 heavy (non-hydrogen) atoms. The molecule has 4 nitrogen and oxygen atoms in total. The Kier molecular flexibility index (Phi) is 1.35. The van der Waals surface area contributed by atoms with Crippen molar-refractivity contribution in [3.63, 3.8) is 0 Å². The molecule has 3 aromatic rings. The minimum Gasteiger partial charge on any atom is -0.344 e. The highest BCUT2D eigenvalue weighted by Gasteiger charge is 2.12. The van der Waals surface area contributed by atoms with Gasteiger partial charge in [0.15, 0.2) is 0 Å². The van der Waals surface area contributed by atoms with E-state index in [1.165, 1.54) is 11.3 Å². The summed E-state index contributed by atoms with van der Waals surface area (Å²) < 4.78 is 5.87. The minimum atomic E-state index is 0.259. The molecule has 0 spiro atoms. The molecule has 0 aliphatic heterocycles. The Morgan fingerprint density at radius 1 is 1.36 bits per heavy atom. The van der Waals surface area contributed by atoms with Crippen molar-refractivity contribution in [3.05, 3.63) is 23.4 Å². The molecule has 2 heterocycles. The first-order chi connectivity index (χ1) is 6.90. The van der Waals surface area contributed by atoms with Crippen LogP contribution in [-0.4, -0.2) is 10.1 Å². The van der Waals surface area contributed by atoms with Crippen LogP contribution in [0, 0.1) is 11.3 Å². The van der Waals surface area contributed by atoms with Gasteiger partial charge in [0.1, 0.15) is 11.6 Å². The number of hydrogen-bond acceptors (Lipinski definition) is 5. The Morgan fingerprint density at radius 2 is 2.21 bits per heavy atom. The van der Waals surface area contributed by atoms with E-state index in [1.54, 1.807) is 5.51 Å². The molecule has 0 radical (unpaired) electrons. The molecular formula is C9H3N3OS. The van der Waals surface area contributed by atoms with Crippen LogP contribution in [0.15, 0.2) is 22.2 Å². The van der Waals surface area contributed by atoms with Crippen molar-refractivity contribution in [3.8, 4) is 6.07 Å². The highest BCUT2D eigenvalue weighted by Crippen LogP contribution is 2.29. The topological polar surface area (TPSA) is 62.7 Å². The predicted octanol–water partition coefficient (Wildman–Crippen LogP) is 2.31. The second-order valence-electron chi connectivity index (χ2n) is 2.78. The lowest BCUT2D eigenvalue weighted by Crippen LogP contribution is -1.72. The lowest BCUT2D eigenvalue weighted by Gasteiger charge is -1.87. The van der Waals surface area contributed by atoms with Crippen LogP contribution in [0.5, 0.6) is 0 Å². The normalized spacial score (nSPS) is 10.8. The maximum Gasteiger partial charge on any atom is 0.245 e. The van der Waals surface area contributed by atoms with Gasteiger partial charge >= 0.3 is 0 Å². The van der Waals surface area contributed by atoms with E-state index in [0.29, 0.717) is 5.52 Å². The van der Waals surface area contributed by atoms with Crippen LogP contribution >= 0.6 is 11.3 Å². The summed E-state index contributed by atoms with van der Waals surface area (Å²) in [5.41, 5.74) is 3.33. The molecule has 0 saturated heterocycles. The van der Waals surface area contributed by atoms with E-state index >= 15 is 0 Å². The fraction of sp³-hybridized carbons (Fsp3) is 0. The number of nitriles is 1. The van der Waals surface area contributed by atoms with Crippen LogP contribution in [0.4, 0.5) is 0 Å². The van der Waals surface area contributed by atoms with Crippen LogP contribution in [0.2, 0.25) is 0 Å². The molecule has 0 aliphatic carbocycles. The van der Waals surface area contributed by atoms with E-state index < -0.39 is 0 Å². The Labute approximate surface area is 82.4 Å². The third kappa shape index (κ3) is 0.805. The van der Waals surface area contributed by atoms with Gasteiger partial charge in [-0.05, 0) is 12.1 Å². The summed E-state index contributed by atoms with van der Waals surface area (Å²) in [5.74, 6) is 0.259. The highest BCUT2D eigenvalue weighted by atomic mass is 32.1. The van der Waals surface area contributed by atoms with Crippen molar-refractivity contribution in [2.75, 3.05) is 0 Å². The lowest BCUT2D eigenvalue weighted by atomic mass is 10.2. The predicted molar refractivity (Wildman–Crippen MR) is 51.9 cm³/mol. The van der Waals surface area contributed by atoms with E-state index in [2.05, 4.69) is 10.1 Å². The lowest BCUT2D eigenvalue weighted by molar-refractivity contribution is 0.418. The molecular weight excluding hydrogens is 198 g/mol. The number of hydrogen-bond donors (Lipinski definition) is 0. The Bertz CT molecular complexity index is 661. The molecule has 0 aliphatic rings. The van der Waals surface area contributed by atoms with Crippen molar-refractivity contribution in [1.29, 1.82) is 5.26 Å². The monoisotopic (exact) mass is 201 g/mol. The summed E-state index contributed by atoms with van der Waals surface area (Å²) in [4.78, 5) is 4.16. The zero-order chi connectivity index (χ0) is 9.54. The van der Waals surface area contributed by atoms with Gasteiger partial charge in [0.25, 0.3) is 0 Å². The zero-order valence-electron chi connectivity index (χ0n) is 6.89. The summed E-state index contributed by atoms with van der Waals surface area (Å²) >= 11 is 1.49.